The third kappa shape index (κ3) is 2.74. The Morgan fingerprint density at radius 3 is 2.47 bits per heavy atom. The van der Waals surface area contributed by atoms with Crippen LogP contribution in [0.15, 0.2) is 24.3 Å². The van der Waals surface area contributed by atoms with E-state index in [-0.39, 0.29) is 39.0 Å². The molecular weight excluding hydrogens is 529 g/mol. The van der Waals surface area contributed by atoms with Crippen LogP contribution < -0.4 is 10.2 Å². The molecule has 3 amide bonds. The van der Waals surface area contributed by atoms with Crippen molar-refractivity contribution < 1.29 is 18.8 Å². The molecule has 1 spiro atoms. The molecule has 0 aliphatic carbocycles. The van der Waals surface area contributed by atoms with Gasteiger partial charge in [0.15, 0.2) is 0 Å². The van der Waals surface area contributed by atoms with Crippen LogP contribution in [0, 0.1) is 11.8 Å². The van der Waals surface area contributed by atoms with Gasteiger partial charge in [-0.3, -0.25) is 19.3 Å². The van der Waals surface area contributed by atoms with E-state index in [9.17, 15) is 14.4 Å². The zero-order valence-corrected chi connectivity index (χ0v) is 20.4. The molecule has 7 nitrogen and oxygen atoms in total. The molecule has 5 heterocycles. The van der Waals surface area contributed by atoms with Crippen molar-refractivity contribution in [3.63, 3.8) is 0 Å². The summed E-state index contributed by atoms with van der Waals surface area (Å²) < 4.78 is 15.4. The van der Waals surface area contributed by atoms with E-state index in [0.717, 1.165) is 4.90 Å². The van der Waals surface area contributed by atoms with Crippen LogP contribution in [0.2, 0.25) is 20.2 Å². The van der Waals surface area contributed by atoms with Gasteiger partial charge in [-0.05, 0) is 31.5 Å². The quantitative estimate of drug-likeness (QED) is 0.424. The van der Waals surface area contributed by atoms with Gasteiger partial charge in [0.1, 0.15) is 22.2 Å². The van der Waals surface area contributed by atoms with Gasteiger partial charge in [0, 0.05) is 34.3 Å². The SMILES string of the molecule is C[C@]1(F)CC2C3C(=O)N(c4cc(Cl)cc(Cl)n4)C(=O)C3C3(C(=O)Nc4c(Cl)cc(Cl)cc43)N2C1. The molecule has 3 fully saturated rings. The number of alkyl halides is 1. The van der Waals surface area contributed by atoms with Gasteiger partial charge in [0.05, 0.1) is 22.5 Å². The Hall–Kier alpha value is -1.97. The number of fused-ring (bicyclic) bond motifs is 7. The maximum absolute atomic E-state index is 15.4. The molecule has 0 bridgehead atoms. The average molecular weight is 544 g/mol. The first-order valence-electron chi connectivity index (χ1n) is 10.4. The van der Waals surface area contributed by atoms with Gasteiger partial charge in [0.2, 0.25) is 11.8 Å². The Balaban J connectivity index is 1.59. The van der Waals surface area contributed by atoms with Crippen LogP contribution in [-0.4, -0.2) is 45.9 Å². The first kappa shape index (κ1) is 22.5. The lowest BCUT2D eigenvalue weighted by Crippen LogP contribution is -2.55. The fourth-order valence-corrected chi connectivity index (χ4v) is 7.21. The number of amides is 3. The number of hydrogen-bond donors (Lipinski definition) is 1. The molecule has 4 aliphatic rings. The van der Waals surface area contributed by atoms with E-state index >= 15 is 4.39 Å². The van der Waals surface area contributed by atoms with E-state index in [0.29, 0.717) is 11.3 Å². The number of aromatic nitrogens is 1. The molecule has 1 N–H and O–H groups in total. The van der Waals surface area contributed by atoms with E-state index in [2.05, 4.69) is 10.3 Å². The van der Waals surface area contributed by atoms with Crippen LogP contribution in [0.1, 0.15) is 18.9 Å². The number of imide groups is 1. The van der Waals surface area contributed by atoms with Crippen LogP contribution in [0.25, 0.3) is 0 Å². The number of halogens is 5. The van der Waals surface area contributed by atoms with Crippen molar-refractivity contribution in [3.8, 4) is 0 Å². The summed E-state index contributed by atoms with van der Waals surface area (Å²) in [7, 11) is 0. The summed E-state index contributed by atoms with van der Waals surface area (Å²) in [5, 5.41) is 3.37. The summed E-state index contributed by atoms with van der Waals surface area (Å²) in [6.07, 6.45) is -0.0244. The molecular formula is C22H15Cl4FN4O3. The third-order valence-corrected chi connectivity index (χ3v) is 8.16. The molecule has 176 valence electrons. The van der Waals surface area contributed by atoms with E-state index in [4.69, 9.17) is 46.4 Å². The van der Waals surface area contributed by atoms with Crippen LogP contribution in [0.3, 0.4) is 0 Å². The Morgan fingerprint density at radius 2 is 1.76 bits per heavy atom. The van der Waals surface area contributed by atoms with E-state index < -0.39 is 46.8 Å². The second-order valence-electron chi connectivity index (χ2n) is 9.33. The predicted octanol–water partition coefficient (Wildman–Crippen LogP) is 4.46. The number of benzene rings is 1. The normalized spacial score (nSPS) is 34.1. The molecule has 12 heteroatoms. The van der Waals surface area contributed by atoms with Crippen molar-refractivity contribution in [2.24, 2.45) is 11.8 Å². The number of nitrogens with one attached hydrogen (secondary N) is 1. The Labute approximate surface area is 213 Å². The number of hydrogen-bond acceptors (Lipinski definition) is 5. The summed E-state index contributed by atoms with van der Waals surface area (Å²) >= 11 is 24.8. The molecule has 4 aliphatic heterocycles. The van der Waals surface area contributed by atoms with Crippen LogP contribution in [0.5, 0.6) is 0 Å². The van der Waals surface area contributed by atoms with Gasteiger partial charge in [-0.1, -0.05) is 46.4 Å². The van der Waals surface area contributed by atoms with Crippen molar-refractivity contribution in [2.45, 2.75) is 30.6 Å². The van der Waals surface area contributed by atoms with Crippen LogP contribution in [0.4, 0.5) is 15.9 Å². The lowest BCUT2D eigenvalue weighted by atomic mass is 9.74. The zero-order valence-electron chi connectivity index (χ0n) is 17.4. The smallest absolute Gasteiger partial charge is 0.250 e. The van der Waals surface area contributed by atoms with Crippen molar-refractivity contribution in [1.82, 2.24) is 9.88 Å². The number of nitrogens with zero attached hydrogens (tertiary/aromatic N) is 3. The molecule has 0 saturated carbocycles. The van der Waals surface area contributed by atoms with E-state index in [1.54, 1.807) is 11.0 Å². The van der Waals surface area contributed by atoms with Crippen molar-refractivity contribution in [1.29, 1.82) is 0 Å². The highest BCUT2D eigenvalue weighted by molar-refractivity contribution is 6.38. The molecule has 2 aromatic rings. The maximum atomic E-state index is 15.4. The van der Waals surface area contributed by atoms with E-state index in [1.165, 1.54) is 25.1 Å². The minimum Gasteiger partial charge on any atom is -0.323 e. The maximum Gasteiger partial charge on any atom is 0.250 e. The van der Waals surface area contributed by atoms with Crippen molar-refractivity contribution in [2.75, 3.05) is 16.8 Å². The third-order valence-electron chi connectivity index (χ3n) is 7.23. The molecule has 0 radical (unpaired) electrons. The van der Waals surface area contributed by atoms with Gasteiger partial charge < -0.3 is 5.32 Å². The fraction of sp³-hybridized carbons (Fsp3) is 0.364. The highest BCUT2D eigenvalue weighted by atomic mass is 35.5. The predicted molar refractivity (Wildman–Crippen MR) is 125 cm³/mol. The number of anilines is 2. The van der Waals surface area contributed by atoms with Gasteiger partial charge in [0.25, 0.3) is 5.91 Å². The largest absolute Gasteiger partial charge is 0.323 e. The molecule has 3 saturated heterocycles. The Morgan fingerprint density at radius 1 is 1.06 bits per heavy atom. The fourth-order valence-electron chi connectivity index (χ4n) is 6.21. The summed E-state index contributed by atoms with van der Waals surface area (Å²) in [4.78, 5) is 48.0. The zero-order chi connectivity index (χ0) is 24.3. The second-order valence-corrected chi connectivity index (χ2v) is 11.0. The van der Waals surface area contributed by atoms with Crippen molar-refractivity contribution in [3.05, 3.63) is 50.0 Å². The number of carbonyl (C=O) groups excluding carboxylic acids is 3. The molecule has 4 unspecified atom stereocenters. The molecule has 5 atom stereocenters. The van der Waals surface area contributed by atoms with Crippen LogP contribution >= 0.6 is 46.4 Å². The second kappa shape index (κ2) is 7.04. The number of pyridine rings is 1. The minimum absolute atomic E-state index is 0.00350. The lowest BCUT2D eigenvalue weighted by Gasteiger charge is -2.37. The Kier molecular flexibility index (Phi) is 4.66. The lowest BCUT2D eigenvalue weighted by molar-refractivity contribution is -0.135. The number of rotatable bonds is 1. The van der Waals surface area contributed by atoms with Gasteiger partial charge >= 0.3 is 0 Å². The minimum atomic E-state index is -1.68. The first-order chi connectivity index (χ1) is 16.0. The highest BCUT2D eigenvalue weighted by Gasteiger charge is 2.76. The molecule has 1 aromatic heterocycles. The van der Waals surface area contributed by atoms with Gasteiger partial charge in [-0.15, -0.1) is 0 Å². The van der Waals surface area contributed by atoms with Crippen LogP contribution in [-0.2, 0) is 19.9 Å². The van der Waals surface area contributed by atoms with Gasteiger partial charge in [-0.25, -0.2) is 14.3 Å². The number of carbonyl (C=O) groups is 3. The summed E-state index contributed by atoms with van der Waals surface area (Å²) in [5.41, 5.74) is -2.69. The summed E-state index contributed by atoms with van der Waals surface area (Å²) in [6.45, 7) is 1.29. The van der Waals surface area contributed by atoms with E-state index in [1.807, 2.05) is 0 Å². The Bertz CT molecular complexity index is 1320. The highest BCUT2D eigenvalue weighted by Crippen LogP contribution is 2.63. The monoisotopic (exact) mass is 542 g/mol. The first-order valence-corrected chi connectivity index (χ1v) is 11.9. The molecule has 6 rings (SSSR count). The average Bonchev–Trinajstić information content (AvgIpc) is 3.35. The summed E-state index contributed by atoms with van der Waals surface area (Å²) in [5.74, 6) is -3.96. The topological polar surface area (TPSA) is 82.6 Å². The van der Waals surface area contributed by atoms with Gasteiger partial charge in [-0.2, -0.15) is 0 Å². The van der Waals surface area contributed by atoms with Crippen molar-refractivity contribution >= 4 is 75.6 Å². The summed E-state index contributed by atoms with van der Waals surface area (Å²) in [6, 6.07) is 5.03. The molecule has 34 heavy (non-hydrogen) atoms. The molecule has 1 aromatic carbocycles. The standard InChI is InChI=1S/C22H15Cl4FN4O3/c1-21(27)6-12-15-16(19(33)31(18(15)32)14-5-9(24)4-13(26)28-14)22(30(12)7-21)10-2-8(23)3-11(25)17(10)29-20(22)34/h2-5,12,15-16H,6-7H2,1H3,(H,29,34)/t12?,15?,16?,21-,22?/m0/s1.